The van der Waals surface area contributed by atoms with Crippen LogP contribution in [0.5, 0.6) is 11.5 Å². The average molecular weight is 444 g/mol. The molecule has 4 aromatic rings. The number of carbonyl (C=O) groups excluding carboxylic acids is 2. The Balaban J connectivity index is 1.80. The summed E-state index contributed by atoms with van der Waals surface area (Å²) in [4.78, 5) is 31.5. The maximum atomic E-state index is 12.6. The van der Waals surface area contributed by atoms with Gasteiger partial charge < -0.3 is 19.1 Å². The van der Waals surface area contributed by atoms with E-state index in [2.05, 4.69) is 0 Å². The Morgan fingerprint density at radius 3 is 2.42 bits per heavy atom. The number of ether oxygens (including phenoxy) is 1. The monoisotopic (exact) mass is 443 g/mol. The Hall–Kier alpha value is -4.13. The number of aromatic nitrogens is 2. The number of hydrogen-bond donors (Lipinski definition) is 1. The van der Waals surface area contributed by atoms with Crippen LogP contribution in [0.3, 0.4) is 0 Å². The first-order valence-electron chi connectivity index (χ1n) is 10.5. The van der Waals surface area contributed by atoms with E-state index >= 15 is 0 Å². The van der Waals surface area contributed by atoms with Gasteiger partial charge in [0.2, 0.25) is 5.91 Å². The number of para-hydroxylation sites is 1. The molecule has 0 radical (unpaired) electrons. The van der Waals surface area contributed by atoms with Crippen molar-refractivity contribution < 1.29 is 19.4 Å². The Morgan fingerprint density at radius 2 is 1.76 bits per heavy atom. The van der Waals surface area contributed by atoms with Crippen LogP contribution in [0.4, 0.5) is 0 Å². The van der Waals surface area contributed by atoms with Crippen LogP contribution in [-0.2, 0) is 11.2 Å². The molecule has 2 aromatic carbocycles. The lowest BCUT2D eigenvalue weighted by molar-refractivity contribution is -0.128. The molecule has 0 bridgehead atoms. The Morgan fingerprint density at radius 1 is 1.06 bits per heavy atom. The lowest BCUT2D eigenvalue weighted by Gasteiger charge is -2.12. The highest BCUT2D eigenvalue weighted by Gasteiger charge is 2.21. The maximum Gasteiger partial charge on any atom is 0.347 e. The number of esters is 1. The molecule has 0 saturated heterocycles. The third-order valence-electron chi connectivity index (χ3n) is 5.48. The molecule has 0 aliphatic heterocycles. The summed E-state index contributed by atoms with van der Waals surface area (Å²) in [6, 6.07) is 15.9. The summed E-state index contributed by atoms with van der Waals surface area (Å²) in [5.41, 5.74) is 4.81. The van der Waals surface area contributed by atoms with Crippen LogP contribution >= 0.6 is 0 Å². The normalized spacial score (nSPS) is 10.9. The van der Waals surface area contributed by atoms with Crippen molar-refractivity contribution in [1.82, 2.24) is 14.3 Å². The summed E-state index contributed by atoms with van der Waals surface area (Å²) < 4.78 is 7.45. The molecule has 168 valence electrons. The zero-order valence-electron chi connectivity index (χ0n) is 19.0. The van der Waals surface area contributed by atoms with E-state index in [0.717, 1.165) is 16.8 Å². The van der Waals surface area contributed by atoms with Crippen molar-refractivity contribution in [1.29, 1.82) is 0 Å². The molecule has 7 nitrogen and oxygen atoms in total. The number of nitrogens with zero attached hydrogens (tertiary/aromatic N) is 3. The summed E-state index contributed by atoms with van der Waals surface area (Å²) >= 11 is 0. The van der Waals surface area contributed by atoms with Crippen LogP contribution in [0.15, 0.2) is 60.8 Å². The lowest BCUT2D eigenvalue weighted by atomic mass is 10.1. The van der Waals surface area contributed by atoms with Crippen molar-refractivity contribution in [2.24, 2.45) is 0 Å². The number of likely N-dealkylation sites (N-methyl/N-ethyl adjacent to an activating group) is 1. The first kappa shape index (κ1) is 22.1. The summed E-state index contributed by atoms with van der Waals surface area (Å²) in [7, 11) is 3.44. The van der Waals surface area contributed by atoms with Crippen LogP contribution in [0.25, 0.3) is 16.9 Å². The van der Waals surface area contributed by atoms with Gasteiger partial charge in [-0.15, -0.1) is 0 Å². The summed E-state index contributed by atoms with van der Waals surface area (Å²) in [6.07, 6.45) is 1.99. The van der Waals surface area contributed by atoms with Gasteiger partial charge in [0.15, 0.2) is 0 Å². The Bertz CT molecular complexity index is 1350. The molecule has 33 heavy (non-hydrogen) atoms. The van der Waals surface area contributed by atoms with E-state index in [1.165, 1.54) is 12.1 Å². The smallest absolute Gasteiger partial charge is 0.347 e. The number of amides is 1. The number of benzene rings is 2. The molecule has 1 amide bonds. The number of aromatic hydroxyl groups is 1. The number of carbonyl (C=O) groups is 2. The average Bonchev–Trinajstić information content (AvgIpc) is 3.11. The molecule has 2 heterocycles. The van der Waals surface area contributed by atoms with Gasteiger partial charge in [-0.05, 0) is 26.0 Å². The molecule has 0 unspecified atom stereocenters. The van der Waals surface area contributed by atoms with Gasteiger partial charge in [-0.2, -0.15) is 0 Å². The fourth-order valence-electron chi connectivity index (χ4n) is 3.54. The second kappa shape index (κ2) is 8.78. The van der Waals surface area contributed by atoms with Crippen LogP contribution in [0.2, 0.25) is 0 Å². The topological polar surface area (TPSA) is 84.1 Å². The van der Waals surface area contributed by atoms with Crippen LogP contribution in [0.1, 0.15) is 27.2 Å². The summed E-state index contributed by atoms with van der Waals surface area (Å²) in [5, 5.41) is 9.96. The van der Waals surface area contributed by atoms with Gasteiger partial charge in [0.05, 0.1) is 17.8 Å². The van der Waals surface area contributed by atoms with E-state index in [0.29, 0.717) is 22.7 Å². The predicted molar refractivity (Wildman–Crippen MR) is 126 cm³/mol. The fourth-order valence-corrected chi connectivity index (χ4v) is 3.54. The van der Waals surface area contributed by atoms with E-state index < -0.39 is 5.97 Å². The second-order valence-corrected chi connectivity index (χ2v) is 8.19. The van der Waals surface area contributed by atoms with Crippen LogP contribution in [0, 0.1) is 13.8 Å². The van der Waals surface area contributed by atoms with Gasteiger partial charge in [-0.25, -0.2) is 9.78 Å². The molecule has 7 heteroatoms. The number of pyridine rings is 1. The van der Waals surface area contributed by atoms with Crippen molar-refractivity contribution in [3.63, 3.8) is 0 Å². The lowest BCUT2D eigenvalue weighted by Crippen LogP contribution is -2.24. The van der Waals surface area contributed by atoms with Crippen LogP contribution < -0.4 is 4.74 Å². The number of aryl methyl sites for hydroxylation is 2. The number of imidazole rings is 1. The molecule has 0 aliphatic rings. The second-order valence-electron chi connectivity index (χ2n) is 8.19. The first-order chi connectivity index (χ1) is 15.7. The highest BCUT2D eigenvalue weighted by Crippen LogP contribution is 2.30. The largest absolute Gasteiger partial charge is 0.507 e. The van der Waals surface area contributed by atoms with Crippen molar-refractivity contribution in [2.75, 3.05) is 14.1 Å². The maximum absolute atomic E-state index is 12.6. The number of rotatable bonds is 5. The minimum Gasteiger partial charge on any atom is -0.507 e. The molecular formula is C26H25N3O4. The third-order valence-corrected chi connectivity index (χ3v) is 5.48. The molecule has 1 N–H and O–H groups in total. The van der Waals surface area contributed by atoms with E-state index in [4.69, 9.17) is 9.72 Å². The molecule has 2 aromatic heterocycles. The predicted octanol–water partition coefficient (Wildman–Crippen LogP) is 4.17. The summed E-state index contributed by atoms with van der Waals surface area (Å²) in [5.74, 6) is -0.512. The summed E-state index contributed by atoms with van der Waals surface area (Å²) in [6.45, 7) is 3.83. The van der Waals surface area contributed by atoms with Crippen molar-refractivity contribution in [3.05, 3.63) is 83.2 Å². The zero-order valence-corrected chi connectivity index (χ0v) is 19.0. The van der Waals surface area contributed by atoms with Crippen molar-refractivity contribution >= 4 is 17.5 Å². The van der Waals surface area contributed by atoms with E-state index in [1.54, 1.807) is 37.2 Å². The van der Waals surface area contributed by atoms with Gasteiger partial charge in [0, 0.05) is 37.5 Å². The van der Waals surface area contributed by atoms with Gasteiger partial charge in [-0.3, -0.25) is 4.79 Å². The van der Waals surface area contributed by atoms with Gasteiger partial charge in [0.25, 0.3) is 0 Å². The standard InChI is InChI=1S/C26H25N3O4/c1-16-9-11-18(12-10-16)25-20(13-24(31)28(3)4)29-15-17(2)22(14-23(29)27-25)33-26(32)19-7-5-6-8-21(19)30/h5-12,14-15,30H,13H2,1-4H3. The Labute approximate surface area is 191 Å². The van der Waals surface area contributed by atoms with Crippen LogP contribution in [-0.4, -0.2) is 45.4 Å². The van der Waals surface area contributed by atoms with Crippen molar-refractivity contribution in [2.45, 2.75) is 20.3 Å². The molecule has 0 atom stereocenters. The third kappa shape index (κ3) is 4.43. The van der Waals surface area contributed by atoms with E-state index in [1.807, 2.05) is 48.7 Å². The number of hydrogen-bond acceptors (Lipinski definition) is 5. The highest BCUT2D eigenvalue weighted by molar-refractivity contribution is 5.94. The molecule has 0 saturated carbocycles. The Kier molecular flexibility index (Phi) is 5.87. The fraction of sp³-hybridized carbons (Fsp3) is 0.192. The SMILES string of the molecule is Cc1ccc(-c2nc3cc(OC(=O)c4ccccc4O)c(C)cn3c2CC(=O)N(C)C)cc1. The molecule has 4 rings (SSSR count). The molecule has 0 aliphatic carbocycles. The quantitative estimate of drug-likeness (QED) is 0.468. The minimum absolute atomic E-state index is 0.0436. The molecular weight excluding hydrogens is 418 g/mol. The minimum atomic E-state index is -0.658. The van der Waals surface area contributed by atoms with Gasteiger partial charge in [-0.1, -0.05) is 42.0 Å². The number of fused-ring (bicyclic) bond motifs is 1. The molecule has 0 spiro atoms. The van der Waals surface area contributed by atoms with Gasteiger partial charge in [0.1, 0.15) is 22.7 Å². The van der Waals surface area contributed by atoms with Gasteiger partial charge >= 0.3 is 5.97 Å². The number of phenolic OH excluding ortho intramolecular Hbond substituents is 1. The van der Waals surface area contributed by atoms with E-state index in [9.17, 15) is 14.7 Å². The number of phenols is 1. The highest BCUT2D eigenvalue weighted by atomic mass is 16.5. The first-order valence-corrected chi connectivity index (χ1v) is 10.5. The van der Waals surface area contributed by atoms with Crippen molar-refractivity contribution in [3.8, 4) is 22.8 Å². The molecule has 0 fully saturated rings. The van der Waals surface area contributed by atoms with E-state index in [-0.39, 0.29) is 23.6 Å². The zero-order chi connectivity index (χ0) is 23.7.